The van der Waals surface area contributed by atoms with Crippen LogP contribution in [0.2, 0.25) is 0 Å². The Morgan fingerprint density at radius 2 is 0.750 bits per heavy atom. The van der Waals surface area contributed by atoms with Gasteiger partial charge in [0.05, 0.1) is 0 Å². The van der Waals surface area contributed by atoms with Gasteiger partial charge in [0.2, 0.25) is 0 Å². The molecule has 32 heavy (non-hydrogen) atoms. The normalized spacial score (nSPS) is 12.5. The third kappa shape index (κ3) is 17.9. The summed E-state index contributed by atoms with van der Waals surface area (Å²) in [5, 5.41) is 0. The fraction of sp³-hybridized carbons (Fsp3) is 1.00. The molecule has 0 aromatic rings. The van der Waals surface area contributed by atoms with Crippen molar-refractivity contribution in [2.45, 2.75) is 130 Å². The van der Waals surface area contributed by atoms with E-state index in [9.17, 15) is 2.81 Å². The summed E-state index contributed by atoms with van der Waals surface area (Å²) < 4.78 is 36.3. The fourth-order valence-electron chi connectivity index (χ4n) is 3.14. The second-order valence-corrected chi connectivity index (χ2v) is 14.9. The molecule has 8 heteroatoms. The summed E-state index contributed by atoms with van der Waals surface area (Å²) in [6, 6.07) is 0. The van der Waals surface area contributed by atoms with E-state index < -0.39 is 20.5 Å². The van der Waals surface area contributed by atoms with Crippen LogP contribution in [0, 0.1) is 0 Å². The Morgan fingerprint density at radius 1 is 0.438 bits per heavy atom. The molecule has 0 aromatic heterocycles. The van der Waals surface area contributed by atoms with Gasteiger partial charge in [-0.1, -0.05) is 0 Å². The zero-order valence-electron chi connectivity index (χ0n) is 21.5. The minimum atomic E-state index is -6.31. The number of hydrogen-bond donors (Lipinski definition) is 0. The Morgan fingerprint density at radius 3 is 1.06 bits per heavy atom. The van der Waals surface area contributed by atoms with Crippen molar-refractivity contribution in [3.05, 3.63) is 0 Å². The van der Waals surface area contributed by atoms with Crippen molar-refractivity contribution in [1.82, 2.24) is 0 Å². The fourth-order valence-corrected chi connectivity index (χ4v) is 7.59. The van der Waals surface area contributed by atoms with Gasteiger partial charge in [0, 0.05) is 0 Å². The van der Waals surface area contributed by atoms with Gasteiger partial charge < -0.3 is 0 Å². The first-order chi connectivity index (χ1) is 15.5. The van der Waals surface area contributed by atoms with E-state index in [0.717, 1.165) is 103 Å². The SMILES string of the molecule is CCCCCCO[O][Zr](=[O])([O]CCCCCC)([O]CCCCCC)[O]OCCCCCC. The second-order valence-electron chi connectivity index (χ2n) is 8.58. The van der Waals surface area contributed by atoms with Crippen LogP contribution in [0.5, 0.6) is 0 Å². The van der Waals surface area contributed by atoms with Crippen molar-refractivity contribution in [2.75, 3.05) is 26.4 Å². The quantitative estimate of drug-likeness (QED) is 0.0623. The van der Waals surface area contributed by atoms with Gasteiger partial charge in [-0.3, -0.25) is 0 Å². The van der Waals surface area contributed by atoms with Crippen molar-refractivity contribution < 1.29 is 44.7 Å². The van der Waals surface area contributed by atoms with Crippen molar-refractivity contribution in [2.24, 2.45) is 0 Å². The predicted molar refractivity (Wildman–Crippen MR) is 123 cm³/mol. The van der Waals surface area contributed by atoms with Gasteiger partial charge >= 0.3 is 202 Å². The first-order valence-corrected chi connectivity index (χ1v) is 18.4. The van der Waals surface area contributed by atoms with E-state index in [2.05, 4.69) is 27.7 Å². The zero-order valence-corrected chi connectivity index (χ0v) is 24.0. The summed E-state index contributed by atoms with van der Waals surface area (Å²) in [4.78, 5) is 10.7. The minimum absolute atomic E-state index is 0.224. The summed E-state index contributed by atoms with van der Waals surface area (Å²) in [6.07, 6.45) is 16.0. The Bertz CT molecular complexity index is 420. The van der Waals surface area contributed by atoms with E-state index in [1.54, 1.807) is 0 Å². The van der Waals surface area contributed by atoms with Gasteiger partial charge in [0.15, 0.2) is 0 Å². The van der Waals surface area contributed by atoms with E-state index in [1.165, 1.54) is 0 Å². The third-order valence-corrected chi connectivity index (χ3v) is 10.5. The monoisotopic (exact) mass is 542 g/mol. The van der Waals surface area contributed by atoms with E-state index in [0.29, 0.717) is 13.2 Å². The third-order valence-electron chi connectivity index (χ3n) is 5.22. The molecule has 0 aromatic carbocycles. The molecule has 0 saturated carbocycles. The predicted octanol–water partition coefficient (Wildman–Crippen LogP) is 7.93. The molecule has 0 fully saturated rings. The Hall–Kier alpha value is 0.443. The van der Waals surface area contributed by atoms with Crippen LogP contribution in [0.1, 0.15) is 130 Å². The average molecular weight is 544 g/mol. The second kappa shape index (κ2) is 21.9. The Labute approximate surface area is 201 Å². The van der Waals surface area contributed by atoms with Gasteiger partial charge in [0.1, 0.15) is 0 Å². The van der Waals surface area contributed by atoms with E-state index in [-0.39, 0.29) is 13.2 Å². The molecule has 0 atom stereocenters. The maximum atomic E-state index is 14.0. The van der Waals surface area contributed by atoms with Gasteiger partial charge in [-0.15, -0.1) is 0 Å². The van der Waals surface area contributed by atoms with Gasteiger partial charge in [0.25, 0.3) is 0 Å². The van der Waals surface area contributed by atoms with Crippen LogP contribution in [-0.2, 0) is 44.7 Å². The van der Waals surface area contributed by atoms with Crippen LogP contribution in [0.4, 0.5) is 0 Å². The standard InChI is InChI=1S/2C6H14O2.2C6H13O.O.Zr/c2*1-2-3-4-5-6-8-7;2*1-2-3-4-5-6-7;;/h2*7H,2-6H2,1H3;2*2-6H2,1H3;;/q;;2*-1;;+4/p-2. The summed E-state index contributed by atoms with van der Waals surface area (Å²) >= 11 is -6.31. The van der Waals surface area contributed by atoms with Crippen molar-refractivity contribution in [3.63, 3.8) is 0 Å². The van der Waals surface area contributed by atoms with Gasteiger partial charge in [-0.05, 0) is 0 Å². The molecule has 194 valence electrons. The van der Waals surface area contributed by atoms with Crippen LogP contribution in [0.3, 0.4) is 0 Å². The van der Waals surface area contributed by atoms with Crippen molar-refractivity contribution in [3.8, 4) is 0 Å². The molecular formula is C24H52O7Zr. The molecular weight excluding hydrogens is 491 g/mol. The van der Waals surface area contributed by atoms with Gasteiger partial charge in [-0.2, -0.15) is 0 Å². The summed E-state index contributed by atoms with van der Waals surface area (Å²) in [5.74, 6) is 0. The van der Waals surface area contributed by atoms with Crippen LogP contribution >= 0.6 is 0 Å². The number of rotatable bonds is 26. The maximum absolute atomic E-state index is 14.0. The molecule has 0 radical (unpaired) electrons. The molecule has 0 bridgehead atoms. The number of unbranched alkanes of at least 4 members (excludes halogenated alkanes) is 12. The molecule has 0 N–H and O–H groups in total. The molecule has 0 spiro atoms. The zero-order chi connectivity index (χ0) is 23.8. The molecule has 0 aliphatic rings. The molecule has 0 saturated heterocycles. The number of hydrogen-bond acceptors (Lipinski definition) is 7. The van der Waals surface area contributed by atoms with Crippen molar-refractivity contribution in [1.29, 1.82) is 0 Å². The topological polar surface area (TPSA) is 72.5 Å². The molecule has 0 aliphatic carbocycles. The molecule has 7 nitrogen and oxygen atoms in total. The van der Waals surface area contributed by atoms with E-state index in [4.69, 9.17) is 21.3 Å². The van der Waals surface area contributed by atoms with Crippen molar-refractivity contribution >= 4 is 0 Å². The molecule has 0 heterocycles. The molecule has 0 aliphatic heterocycles. The van der Waals surface area contributed by atoms with Gasteiger partial charge in [-0.25, -0.2) is 0 Å². The molecule has 0 rings (SSSR count). The van der Waals surface area contributed by atoms with Crippen LogP contribution in [0.25, 0.3) is 0 Å². The van der Waals surface area contributed by atoms with Crippen LogP contribution in [0.15, 0.2) is 0 Å². The Kier molecular flexibility index (Phi) is 22.2. The summed E-state index contributed by atoms with van der Waals surface area (Å²) in [7, 11) is 0. The Balaban J connectivity index is 5.00. The molecule has 0 amide bonds. The van der Waals surface area contributed by atoms with Crippen LogP contribution in [-0.4, -0.2) is 26.4 Å². The van der Waals surface area contributed by atoms with E-state index in [1.807, 2.05) is 0 Å². The average Bonchev–Trinajstić information content (AvgIpc) is 2.79. The first kappa shape index (κ1) is 32.4. The molecule has 0 unspecified atom stereocenters. The first-order valence-electron chi connectivity index (χ1n) is 13.3. The van der Waals surface area contributed by atoms with E-state index >= 15 is 0 Å². The van der Waals surface area contributed by atoms with Crippen LogP contribution < -0.4 is 0 Å². The summed E-state index contributed by atoms with van der Waals surface area (Å²) in [5.41, 5.74) is 0. The summed E-state index contributed by atoms with van der Waals surface area (Å²) in [6.45, 7) is 9.65.